The first kappa shape index (κ1) is 18.5. The van der Waals surface area contributed by atoms with Crippen molar-refractivity contribution in [2.75, 3.05) is 25.0 Å². The third kappa shape index (κ3) is 3.29. The number of rotatable bonds is 4. The molecule has 0 radical (unpaired) electrons. The van der Waals surface area contributed by atoms with E-state index < -0.39 is 0 Å². The lowest BCUT2D eigenvalue weighted by Crippen LogP contribution is -2.58. The van der Waals surface area contributed by atoms with Gasteiger partial charge in [0.2, 0.25) is 0 Å². The number of nitrogens with zero attached hydrogens (tertiary/aromatic N) is 7. The average molecular weight is 395 g/mol. The van der Waals surface area contributed by atoms with Gasteiger partial charge in [-0.1, -0.05) is 20.8 Å². The molecule has 29 heavy (non-hydrogen) atoms. The van der Waals surface area contributed by atoms with Crippen LogP contribution in [0.25, 0.3) is 5.65 Å². The molecule has 1 saturated heterocycles. The van der Waals surface area contributed by atoms with E-state index in [9.17, 15) is 0 Å². The van der Waals surface area contributed by atoms with Crippen LogP contribution in [0.1, 0.15) is 56.4 Å². The number of aromatic amines is 1. The zero-order chi connectivity index (χ0) is 20.2. The van der Waals surface area contributed by atoms with Crippen LogP contribution in [-0.4, -0.2) is 61.1 Å². The molecule has 8 nitrogen and oxygen atoms in total. The number of hydrogen-bond donors (Lipinski definition) is 1. The molecule has 3 aromatic heterocycles. The zero-order valence-corrected chi connectivity index (χ0v) is 17.8. The van der Waals surface area contributed by atoms with Gasteiger partial charge in [-0.2, -0.15) is 9.61 Å². The van der Waals surface area contributed by atoms with E-state index in [0.717, 1.165) is 43.3 Å². The van der Waals surface area contributed by atoms with Crippen molar-refractivity contribution in [3.05, 3.63) is 34.9 Å². The van der Waals surface area contributed by atoms with Crippen LogP contribution >= 0.6 is 0 Å². The van der Waals surface area contributed by atoms with Crippen LogP contribution in [0.2, 0.25) is 0 Å². The van der Waals surface area contributed by atoms with Gasteiger partial charge in [0.15, 0.2) is 11.5 Å². The van der Waals surface area contributed by atoms with Crippen molar-refractivity contribution in [3.63, 3.8) is 0 Å². The van der Waals surface area contributed by atoms with Crippen molar-refractivity contribution >= 4 is 11.5 Å². The van der Waals surface area contributed by atoms with Crippen molar-refractivity contribution in [2.24, 2.45) is 0 Å². The summed E-state index contributed by atoms with van der Waals surface area (Å²) in [6.07, 6.45) is 4.89. The maximum Gasteiger partial charge on any atom is 0.178 e. The Hall–Kier alpha value is -2.48. The minimum absolute atomic E-state index is 0.0918. The van der Waals surface area contributed by atoms with E-state index in [1.165, 1.54) is 36.2 Å². The number of fused-ring (bicyclic) bond motifs is 2. The molecule has 2 aliphatic rings. The number of aromatic nitrogens is 6. The first-order chi connectivity index (χ1) is 13.9. The SMILES string of the molecule is CN(Cc1n[nH]c2c1CCCC2)C1CN(c2ccc3nnc(C(C)(C)C)n3n2)C1. The third-order valence-electron chi connectivity index (χ3n) is 6.27. The van der Waals surface area contributed by atoms with Crippen molar-refractivity contribution in [2.45, 2.75) is 64.5 Å². The lowest BCUT2D eigenvalue weighted by atomic mass is 9.95. The van der Waals surface area contributed by atoms with Gasteiger partial charge in [0.25, 0.3) is 0 Å². The lowest BCUT2D eigenvalue weighted by molar-refractivity contribution is 0.194. The molecule has 1 aliphatic heterocycles. The normalized spacial score (nSPS) is 17.8. The minimum atomic E-state index is -0.0918. The first-order valence-electron chi connectivity index (χ1n) is 10.6. The molecule has 0 aromatic carbocycles. The molecule has 154 valence electrons. The highest BCUT2D eigenvalue weighted by atomic mass is 15.4. The Balaban J connectivity index is 1.26. The molecule has 0 saturated carbocycles. The zero-order valence-electron chi connectivity index (χ0n) is 17.8. The highest BCUT2D eigenvalue weighted by Gasteiger charge is 2.32. The maximum atomic E-state index is 4.83. The van der Waals surface area contributed by atoms with Crippen molar-refractivity contribution in [1.29, 1.82) is 0 Å². The standard InChI is InChI=1S/C21H30N8/c1-21(2,3)20-25-24-18-9-10-19(26-29(18)20)28-11-14(12-28)27(4)13-17-15-7-5-6-8-16(15)22-23-17/h9-10,14H,5-8,11-13H2,1-4H3,(H,22,23). The van der Waals surface area contributed by atoms with Gasteiger partial charge in [-0.25, -0.2) is 0 Å². The van der Waals surface area contributed by atoms with Gasteiger partial charge in [-0.05, 0) is 50.4 Å². The van der Waals surface area contributed by atoms with Crippen LogP contribution in [0.5, 0.6) is 0 Å². The van der Waals surface area contributed by atoms with Crippen molar-refractivity contribution < 1.29 is 0 Å². The summed E-state index contributed by atoms with van der Waals surface area (Å²) in [6.45, 7) is 9.29. The largest absolute Gasteiger partial charge is 0.352 e. The van der Waals surface area contributed by atoms with Gasteiger partial charge < -0.3 is 4.90 Å². The fourth-order valence-corrected chi connectivity index (χ4v) is 4.38. The van der Waals surface area contributed by atoms with Crippen molar-refractivity contribution in [1.82, 2.24) is 34.9 Å². The lowest BCUT2D eigenvalue weighted by Gasteiger charge is -2.44. The smallest absolute Gasteiger partial charge is 0.178 e. The minimum Gasteiger partial charge on any atom is -0.352 e. The van der Waals surface area contributed by atoms with Crippen LogP contribution < -0.4 is 4.90 Å². The molecule has 0 unspecified atom stereocenters. The van der Waals surface area contributed by atoms with Gasteiger partial charge in [0.05, 0.1) is 5.69 Å². The van der Waals surface area contributed by atoms with E-state index >= 15 is 0 Å². The fraction of sp³-hybridized carbons (Fsp3) is 0.619. The Bertz CT molecular complexity index is 1020. The summed E-state index contributed by atoms with van der Waals surface area (Å²) in [6, 6.07) is 4.58. The Morgan fingerprint density at radius 2 is 1.93 bits per heavy atom. The van der Waals surface area contributed by atoms with Crippen LogP contribution in [-0.2, 0) is 24.8 Å². The van der Waals surface area contributed by atoms with E-state index in [1.807, 2.05) is 10.6 Å². The number of likely N-dealkylation sites (N-methyl/N-ethyl adjacent to an activating group) is 1. The molecule has 3 aromatic rings. The van der Waals surface area contributed by atoms with Crippen LogP contribution in [0.3, 0.4) is 0 Å². The number of anilines is 1. The highest BCUT2D eigenvalue weighted by molar-refractivity contribution is 5.48. The summed E-state index contributed by atoms with van der Waals surface area (Å²) < 4.78 is 1.89. The van der Waals surface area contributed by atoms with Crippen LogP contribution in [0.15, 0.2) is 12.1 Å². The van der Waals surface area contributed by atoms with Gasteiger partial charge in [-0.3, -0.25) is 10.00 Å². The molecule has 1 fully saturated rings. The van der Waals surface area contributed by atoms with Crippen LogP contribution in [0.4, 0.5) is 5.82 Å². The molecule has 0 bridgehead atoms. The number of aryl methyl sites for hydroxylation is 1. The Morgan fingerprint density at radius 1 is 1.14 bits per heavy atom. The summed E-state index contributed by atoms with van der Waals surface area (Å²) >= 11 is 0. The molecule has 8 heteroatoms. The molecule has 1 aliphatic carbocycles. The first-order valence-corrected chi connectivity index (χ1v) is 10.6. The Labute approximate surface area is 171 Å². The monoisotopic (exact) mass is 394 g/mol. The maximum absolute atomic E-state index is 4.83. The molecule has 0 atom stereocenters. The predicted molar refractivity (Wildman–Crippen MR) is 112 cm³/mol. The van der Waals surface area contributed by atoms with E-state index in [0.29, 0.717) is 6.04 Å². The van der Waals surface area contributed by atoms with E-state index in [2.05, 4.69) is 64.1 Å². The second kappa shape index (κ2) is 6.79. The molecule has 0 spiro atoms. The molecule has 4 heterocycles. The Kier molecular flexibility index (Phi) is 4.34. The molecule has 0 amide bonds. The summed E-state index contributed by atoms with van der Waals surface area (Å²) in [5.74, 6) is 1.89. The summed E-state index contributed by atoms with van der Waals surface area (Å²) in [5, 5.41) is 21.3. The molecular formula is C21H30N8. The molecular weight excluding hydrogens is 364 g/mol. The second-order valence-corrected chi connectivity index (χ2v) is 9.54. The quantitative estimate of drug-likeness (QED) is 0.732. The number of hydrogen-bond acceptors (Lipinski definition) is 6. The summed E-state index contributed by atoms with van der Waals surface area (Å²) in [5.41, 5.74) is 4.77. The number of nitrogens with one attached hydrogen (secondary N) is 1. The topological polar surface area (TPSA) is 78.2 Å². The highest BCUT2D eigenvalue weighted by Crippen LogP contribution is 2.27. The van der Waals surface area contributed by atoms with Crippen LogP contribution in [0, 0.1) is 0 Å². The number of H-pyrrole nitrogens is 1. The van der Waals surface area contributed by atoms with E-state index in [4.69, 9.17) is 5.10 Å². The third-order valence-corrected chi connectivity index (χ3v) is 6.27. The van der Waals surface area contributed by atoms with Gasteiger partial charge in [0, 0.05) is 36.8 Å². The summed E-state index contributed by atoms with van der Waals surface area (Å²) in [7, 11) is 2.21. The van der Waals surface area contributed by atoms with Crippen molar-refractivity contribution in [3.8, 4) is 0 Å². The van der Waals surface area contributed by atoms with Gasteiger partial charge >= 0.3 is 0 Å². The van der Waals surface area contributed by atoms with Gasteiger partial charge in [-0.15, -0.1) is 15.3 Å². The Morgan fingerprint density at radius 3 is 2.72 bits per heavy atom. The van der Waals surface area contributed by atoms with E-state index in [1.54, 1.807) is 0 Å². The van der Waals surface area contributed by atoms with E-state index in [-0.39, 0.29) is 5.41 Å². The molecule has 5 rings (SSSR count). The molecule has 1 N–H and O–H groups in total. The average Bonchev–Trinajstić information content (AvgIpc) is 3.24. The second-order valence-electron chi connectivity index (χ2n) is 9.54. The fourth-order valence-electron chi connectivity index (χ4n) is 4.38. The van der Waals surface area contributed by atoms with Gasteiger partial charge in [0.1, 0.15) is 5.82 Å². The summed E-state index contributed by atoms with van der Waals surface area (Å²) in [4.78, 5) is 4.76. The predicted octanol–water partition coefficient (Wildman–Crippen LogP) is 2.34.